The first-order valence-electron chi connectivity index (χ1n) is 7.43. The summed E-state index contributed by atoms with van der Waals surface area (Å²) in [7, 11) is 0. The maximum atomic E-state index is 5.87. The van der Waals surface area contributed by atoms with Gasteiger partial charge in [-0.05, 0) is 30.5 Å². The van der Waals surface area contributed by atoms with Gasteiger partial charge in [0.1, 0.15) is 0 Å². The van der Waals surface area contributed by atoms with Crippen LogP contribution >= 0.6 is 0 Å². The standard InChI is InChI=1S/C16H27N3/c1-14(2)15(12-17)13-18-8-10-19(11-9-18)16-6-4-3-5-7-16/h3-7,14-15H,8-13,17H2,1-2H3. The predicted octanol–water partition coefficient (Wildman–Crippen LogP) is 2.04. The van der Waals surface area contributed by atoms with E-state index in [2.05, 4.69) is 54.0 Å². The molecule has 1 unspecified atom stereocenters. The Kier molecular flexibility index (Phi) is 5.23. The molecule has 2 rings (SSSR count). The lowest BCUT2D eigenvalue weighted by molar-refractivity contribution is 0.195. The molecule has 0 radical (unpaired) electrons. The minimum absolute atomic E-state index is 0.628. The van der Waals surface area contributed by atoms with Crippen molar-refractivity contribution in [2.24, 2.45) is 17.6 Å². The molecule has 1 atom stereocenters. The molecule has 1 aliphatic rings. The van der Waals surface area contributed by atoms with Crippen LogP contribution < -0.4 is 10.6 Å². The zero-order chi connectivity index (χ0) is 13.7. The Balaban J connectivity index is 1.82. The van der Waals surface area contributed by atoms with Crippen molar-refractivity contribution in [2.75, 3.05) is 44.2 Å². The first-order chi connectivity index (χ1) is 9.20. The van der Waals surface area contributed by atoms with Gasteiger partial charge in [0.15, 0.2) is 0 Å². The molecular formula is C16H27N3. The minimum atomic E-state index is 0.628. The zero-order valence-corrected chi connectivity index (χ0v) is 12.3. The Bertz CT molecular complexity index is 356. The fraction of sp³-hybridized carbons (Fsp3) is 0.625. The summed E-state index contributed by atoms with van der Waals surface area (Å²) in [6, 6.07) is 10.7. The molecule has 0 spiro atoms. The minimum Gasteiger partial charge on any atom is -0.369 e. The van der Waals surface area contributed by atoms with E-state index >= 15 is 0 Å². The predicted molar refractivity (Wildman–Crippen MR) is 82.5 cm³/mol. The summed E-state index contributed by atoms with van der Waals surface area (Å²) in [6.45, 7) is 11.1. The first-order valence-corrected chi connectivity index (χ1v) is 7.43. The molecule has 106 valence electrons. The molecule has 19 heavy (non-hydrogen) atoms. The van der Waals surface area contributed by atoms with Crippen molar-refractivity contribution >= 4 is 5.69 Å². The molecule has 0 saturated carbocycles. The molecule has 1 aliphatic heterocycles. The monoisotopic (exact) mass is 261 g/mol. The molecular weight excluding hydrogens is 234 g/mol. The summed E-state index contributed by atoms with van der Waals surface area (Å²) in [5.74, 6) is 1.31. The van der Waals surface area contributed by atoms with Gasteiger partial charge in [-0.3, -0.25) is 4.90 Å². The number of piperazine rings is 1. The van der Waals surface area contributed by atoms with Crippen molar-refractivity contribution in [3.8, 4) is 0 Å². The van der Waals surface area contributed by atoms with Crippen LogP contribution in [0.1, 0.15) is 13.8 Å². The van der Waals surface area contributed by atoms with Gasteiger partial charge in [-0.25, -0.2) is 0 Å². The van der Waals surface area contributed by atoms with Gasteiger partial charge in [-0.1, -0.05) is 32.0 Å². The lowest BCUT2D eigenvalue weighted by Gasteiger charge is -2.38. The number of rotatable bonds is 5. The van der Waals surface area contributed by atoms with Gasteiger partial charge >= 0.3 is 0 Å². The highest BCUT2D eigenvalue weighted by Gasteiger charge is 2.21. The Hall–Kier alpha value is -1.06. The van der Waals surface area contributed by atoms with Gasteiger partial charge < -0.3 is 10.6 Å². The number of benzene rings is 1. The Morgan fingerprint density at radius 3 is 2.21 bits per heavy atom. The highest BCUT2D eigenvalue weighted by molar-refractivity contribution is 5.46. The van der Waals surface area contributed by atoms with Gasteiger partial charge in [0, 0.05) is 38.4 Å². The van der Waals surface area contributed by atoms with E-state index in [1.54, 1.807) is 0 Å². The maximum absolute atomic E-state index is 5.87. The summed E-state index contributed by atoms with van der Waals surface area (Å²) in [5.41, 5.74) is 7.22. The molecule has 1 heterocycles. The summed E-state index contributed by atoms with van der Waals surface area (Å²) in [5, 5.41) is 0. The normalized spacial score (nSPS) is 18.8. The van der Waals surface area contributed by atoms with Crippen LogP contribution in [0.4, 0.5) is 5.69 Å². The van der Waals surface area contributed by atoms with Crippen LogP contribution in [0.15, 0.2) is 30.3 Å². The zero-order valence-electron chi connectivity index (χ0n) is 12.3. The summed E-state index contributed by atoms with van der Waals surface area (Å²) >= 11 is 0. The van der Waals surface area contributed by atoms with Crippen LogP contribution in [0, 0.1) is 11.8 Å². The quantitative estimate of drug-likeness (QED) is 0.880. The van der Waals surface area contributed by atoms with Crippen LogP contribution in [0.25, 0.3) is 0 Å². The SMILES string of the molecule is CC(C)C(CN)CN1CCN(c2ccccc2)CC1. The van der Waals surface area contributed by atoms with Gasteiger partial charge in [0.25, 0.3) is 0 Å². The summed E-state index contributed by atoms with van der Waals surface area (Å²) in [4.78, 5) is 5.04. The van der Waals surface area contributed by atoms with Crippen molar-refractivity contribution in [3.05, 3.63) is 30.3 Å². The average Bonchev–Trinajstić information content (AvgIpc) is 2.46. The molecule has 3 nitrogen and oxygen atoms in total. The summed E-state index contributed by atoms with van der Waals surface area (Å²) in [6.07, 6.45) is 0. The van der Waals surface area contributed by atoms with Crippen molar-refractivity contribution in [2.45, 2.75) is 13.8 Å². The highest BCUT2D eigenvalue weighted by atomic mass is 15.3. The number of nitrogens with two attached hydrogens (primary N) is 1. The summed E-state index contributed by atoms with van der Waals surface area (Å²) < 4.78 is 0. The van der Waals surface area contributed by atoms with Crippen LogP contribution in [0.5, 0.6) is 0 Å². The Morgan fingerprint density at radius 1 is 1.05 bits per heavy atom. The number of para-hydroxylation sites is 1. The smallest absolute Gasteiger partial charge is 0.0367 e. The number of hydrogen-bond donors (Lipinski definition) is 1. The van der Waals surface area contributed by atoms with Crippen molar-refractivity contribution in [3.63, 3.8) is 0 Å². The third-order valence-corrected chi connectivity index (χ3v) is 4.23. The fourth-order valence-corrected chi connectivity index (χ4v) is 2.72. The van der Waals surface area contributed by atoms with E-state index in [4.69, 9.17) is 5.73 Å². The van der Waals surface area contributed by atoms with Crippen molar-refractivity contribution < 1.29 is 0 Å². The van der Waals surface area contributed by atoms with Crippen LogP contribution in [-0.4, -0.2) is 44.2 Å². The molecule has 3 heteroatoms. The average molecular weight is 261 g/mol. The van der Waals surface area contributed by atoms with Gasteiger partial charge in [-0.2, -0.15) is 0 Å². The molecule has 1 aromatic rings. The molecule has 0 bridgehead atoms. The van der Waals surface area contributed by atoms with Gasteiger partial charge in [-0.15, -0.1) is 0 Å². The topological polar surface area (TPSA) is 32.5 Å². The van der Waals surface area contributed by atoms with Crippen molar-refractivity contribution in [1.82, 2.24) is 4.90 Å². The van der Waals surface area contributed by atoms with E-state index < -0.39 is 0 Å². The molecule has 2 N–H and O–H groups in total. The number of hydrogen-bond acceptors (Lipinski definition) is 3. The van der Waals surface area contributed by atoms with E-state index in [0.717, 1.165) is 39.3 Å². The second-order valence-corrected chi connectivity index (χ2v) is 5.86. The maximum Gasteiger partial charge on any atom is 0.0367 e. The molecule has 0 amide bonds. The van der Waals surface area contributed by atoms with Crippen LogP contribution in [0.3, 0.4) is 0 Å². The lowest BCUT2D eigenvalue weighted by Crippen LogP contribution is -2.49. The second kappa shape index (κ2) is 6.92. The van der Waals surface area contributed by atoms with E-state index in [9.17, 15) is 0 Å². The Morgan fingerprint density at radius 2 is 1.68 bits per heavy atom. The molecule has 1 aromatic carbocycles. The Labute approximate surface area is 117 Å². The molecule has 0 aromatic heterocycles. The third kappa shape index (κ3) is 3.95. The third-order valence-electron chi connectivity index (χ3n) is 4.23. The van der Waals surface area contributed by atoms with E-state index in [1.807, 2.05) is 0 Å². The van der Waals surface area contributed by atoms with Crippen LogP contribution in [0.2, 0.25) is 0 Å². The highest BCUT2D eigenvalue weighted by Crippen LogP contribution is 2.17. The number of nitrogens with zero attached hydrogens (tertiary/aromatic N) is 2. The lowest BCUT2D eigenvalue weighted by atomic mass is 9.95. The van der Waals surface area contributed by atoms with Gasteiger partial charge in [0.2, 0.25) is 0 Å². The van der Waals surface area contributed by atoms with Crippen LogP contribution in [-0.2, 0) is 0 Å². The van der Waals surface area contributed by atoms with Crippen molar-refractivity contribution in [1.29, 1.82) is 0 Å². The molecule has 1 saturated heterocycles. The largest absolute Gasteiger partial charge is 0.369 e. The second-order valence-electron chi connectivity index (χ2n) is 5.86. The molecule has 1 fully saturated rings. The van der Waals surface area contributed by atoms with E-state index in [-0.39, 0.29) is 0 Å². The first kappa shape index (κ1) is 14.4. The number of anilines is 1. The van der Waals surface area contributed by atoms with Gasteiger partial charge in [0.05, 0.1) is 0 Å². The fourth-order valence-electron chi connectivity index (χ4n) is 2.72. The van der Waals surface area contributed by atoms with E-state index in [0.29, 0.717) is 11.8 Å². The molecule has 0 aliphatic carbocycles. The van der Waals surface area contributed by atoms with E-state index in [1.165, 1.54) is 5.69 Å².